The zero-order valence-corrected chi connectivity index (χ0v) is 22.6. The van der Waals surface area contributed by atoms with Gasteiger partial charge in [0.1, 0.15) is 23.5 Å². The molecule has 1 aliphatic rings. The van der Waals surface area contributed by atoms with Gasteiger partial charge in [0.05, 0.1) is 12.7 Å². The second-order valence-corrected chi connectivity index (χ2v) is 11.0. The summed E-state index contributed by atoms with van der Waals surface area (Å²) in [6.45, 7) is 7.10. The van der Waals surface area contributed by atoms with E-state index < -0.39 is 67.8 Å². The molecule has 12 nitrogen and oxygen atoms in total. The standard InChI is InChI=1S/C24H33FN3O9P/c1-6-24(19(29)18(25)21(36-24)28-12-15(4)20(30)26-23(28)32)13-34-38(33,37-17-10-8-7-9-11-17)27-16(5)22(31)35-14(2)3/h7-12,14,16,18-19,21,29H,6,13H2,1-5H3,(H,27,33)(H,26,30,32)/t16-,18-,19-,21+,24+,38?/m0/s1. The van der Waals surface area contributed by atoms with E-state index >= 15 is 4.39 Å². The van der Waals surface area contributed by atoms with Crippen LogP contribution in [0.2, 0.25) is 0 Å². The van der Waals surface area contributed by atoms with E-state index in [0.717, 1.165) is 10.8 Å². The number of aromatic amines is 1. The predicted molar refractivity (Wildman–Crippen MR) is 135 cm³/mol. The number of hydrogen-bond acceptors (Lipinski definition) is 9. The molecule has 2 heterocycles. The lowest BCUT2D eigenvalue weighted by molar-refractivity contribution is -0.149. The molecule has 1 fully saturated rings. The van der Waals surface area contributed by atoms with E-state index in [9.17, 15) is 24.1 Å². The van der Waals surface area contributed by atoms with Crippen LogP contribution in [0.4, 0.5) is 4.39 Å². The van der Waals surface area contributed by atoms with Gasteiger partial charge in [0.15, 0.2) is 12.4 Å². The zero-order valence-electron chi connectivity index (χ0n) is 21.8. The highest BCUT2D eigenvalue weighted by Crippen LogP contribution is 2.49. The SMILES string of the molecule is CC[C@]1(COP(=O)(N[C@@H](C)C(=O)OC(C)C)Oc2ccccc2)O[C@@H](n2cc(C)c(=O)[nH]c2=O)[C@@H](F)[C@@H]1O. The van der Waals surface area contributed by atoms with Gasteiger partial charge in [-0.2, -0.15) is 5.09 Å². The monoisotopic (exact) mass is 557 g/mol. The Morgan fingerprint density at radius 2 is 1.95 bits per heavy atom. The van der Waals surface area contributed by atoms with Crippen molar-refractivity contribution >= 4 is 13.7 Å². The van der Waals surface area contributed by atoms with Crippen molar-refractivity contribution in [2.24, 2.45) is 0 Å². The van der Waals surface area contributed by atoms with E-state index in [2.05, 4.69) is 10.1 Å². The number of halogens is 1. The number of carbonyl (C=O) groups is 1. The van der Waals surface area contributed by atoms with Crippen molar-refractivity contribution in [2.75, 3.05) is 6.61 Å². The first kappa shape index (κ1) is 29.7. The van der Waals surface area contributed by atoms with Crippen LogP contribution in [0.3, 0.4) is 0 Å². The third kappa shape index (κ3) is 6.59. The second kappa shape index (κ2) is 11.9. The molecule has 0 amide bonds. The lowest BCUT2D eigenvalue weighted by atomic mass is 9.94. The van der Waals surface area contributed by atoms with Gasteiger partial charge >= 0.3 is 19.4 Å². The minimum Gasteiger partial charge on any atom is -0.462 e. The topological polar surface area (TPSA) is 158 Å². The molecule has 0 radical (unpaired) electrons. The first-order valence-corrected chi connectivity index (χ1v) is 13.6. The van der Waals surface area contributed by atoms with Crippen molar-refractivity contribution in [1.29, 1.82) is 0 Å². The molecule has 1 saturated heterocycles. The summed E-state index contributed by atoms with van der Waals surface area (Å²) in [5.74, 6) is -0.553. The highest BCUT2D eigenvalue weighted by Gasteiger charge is 2.56. The van der Waals surface area contributed by atoms with E-state index in [-0.39, 0.29) is 17.7 Å². The van der Waals surface area contributed by atoms with Crippen LogP contribution < -0.4 is 20.9 Å². The molecule has 1 unspecified atom stereocenters. The number of esters is 1. The van der Waals surface area contributed by atoms with Crippen LogP contribution >= 0.6 is 7.75 Å². The number of para-hydroxylation sites is 1. The molecule has 1 aromatic heterocycles. The number of H-pyrrole nitrogens is 1. The summed E-state index contributed by atoms with van der Waals surface area (Å²) < 4.78 is 52.1. The maximum absolute atomic E-state index is 15.3. The normalized spacial score (nSPS) is 25.6. The Labute approximate surface area is 218 Å². The van der Waals surface area contributed by atoms with Crippen molar-refractivity contribution < 1.29 is 37.4 Å². The number of alkyl halides is 1. The molecule has 3 rings (SSSR count). The molecule has 14 heteroatoms. The van der Waals surface area contributed by atoms with Gasteiger partial charge in [-0.1, -0.05) is 25.1 Å². The molecule has 0 bridgehead atoms. The summed E-state index contributed by atoms with van der Waals surface area (Å²) in [7, 11) is -4.35. The minimum atomic E-state index is -4.35. The third-order valence-electron chi connectivity index (χ3n) is 5.99. The molecular formula is C24H33FN3O9P. The number of ether oxygens (including phenoxy) is 2. The van der Waals surface area contributed by atoms with Crippen LogP contribution in [0.25, 0.3) is 0 Å². The van der Waals surface area contributed by atoms with Gasteiger partial charge in [0.2, 0.25) is 0 Å². The molecule has 1 aliphatic heterocycles. The molecule has 3 N–H and O–H groups in total. The minimum absolute atomic E-state index is 0.0154. The average Bonchev–Trinajstić information content (AvgIpc) is 3.11. The fraction of sp³-hybridized carbons (Fsp3) is 0.542. The zero-order chi connectivity index (χ0) is 28.3. The Bertz CT molecular complexity index is 1280. The first-order chi connectivity index (χ1) is 17.8. The molecule has 210 valence electrons. The van der Waals surface area contributed by atoms with Gasteiger partial charge in [-0.3, -0.25) is 23.7 Å². The second-order valence-electron chi connectivity index (χ2n) is 9.31. The van der Waals surface area contributed by atoms with Crippen LogP contribution in [-0.2, 0) is 23.4 Å². The smallest absolute Gasteiger partial charge is 0.459 e. The molecule has 0 aliphatic carbocycles. The summed E-state index contributed by atoms with van der Waals surface area (Å²) in [6, 6.07) is 6.90. The van der Waals surface area contributed by atoms with Crippen molar-refractivity contribution in [3.05, 3.63) is 62.9 Å². The number of aliphatic hydroxyl groups excluding tert-OH is 1. The van der Waals surface area contributed by atoms with Crippen LogP contribution in [-0.4, -0.2) is 57.3 Å². The average molecular weight is 558 g/mol. The number of aromatic nitrogens is 2. The molecule has 1 aromatic carbocycles. The van der Waals surface area contributed by atoms with Gasteiger partial charge in [-0.05, 0) is 46.2 Å². The van der Waals surface area contributed by atoms with Gasteiger partial charge in [-0.25, -0.2) is 13.8 Å². The largest absolute Gasteiger partial charge is 0.462 e. The molecule has 0 saturated carbocycles. The number of aryl methyl sites for hydroxylation is 1. The summed E-state index contributed by atoms with van der Waals surface area (Å²) in [4.78, 5) is 38.5. The first-order valence-electron chi connectivity index (χ1n) is 12.1. The number of nitrogens with zero attached hydrogens (tertiary/aromatic N) is 1. The van der Waals surface area contributed by atoms with E-state index in [1.54, 1.807) is 39.0 Å². The Balaban J connectivity index is 1.88. The number of benzene rings is 1. The van der Waals surface area contributed by atoms with Gasteiger partial charge in [-0.15, -0.1) is 0 Å². The number of rotatable bonds is 11. The number of hydrogen-bond donors (Lipinski definition) is 3. The van der Waals surface area contributed by atoms with Crippen LogP contribution in [0.15, 0.2) is 46.1 Å². The van der Waals surface area contributed by atoms with Crippen LogP contribution in [0.1, 0.15) is 45.9 Å². The Kier molecular flexibility index (Phi) is 9.32. The van der Waals surface area contributed by atoms with Gasteiger partial charge in [0.25, 0.3) is 5.56 Å². The summed E-state index contributed by atoms with van der Waals surface area (Å²) in [5.41, 5.74) is -3.19. The summed E-state index contributed by atoms with van der Waals surface area (Å²) in [5, 5.41) is 13.3. The Morgan fingerprint density at radius 3 is 2.55 bits per heavy atom. The fourth-order valence-electron chi connectivity index (χ4n) is 3.85. The van der Waals surface area contributed by atoms with Gasteiger partial charge < -0.3 is 19.1 Å². The third-order valence-corrected chi connectivity index (χ3v) is 7.62. The fourth-order valence-corrected chi connectivity index (χ4v) is 5.40. The molecule has 0 spiro atoms. The highest BCUT2D eigenvalue weighted by atomic mass is 31.2. The van der Waals surface area contributed by atoms with Crippen molar-refractivity contribution in [3.63, 3.8) is 0 Å². The van der Waals surface area contributed by atoms with E-state index in [1.807, 2.05) is 0 Å². The van der Waals surface area contributed by atoms with Gasteiger partial charge in [0, 0.05) is 11.8 Å². The summed E-state index contributed by atoms with van der Waals surface area (Å²) >= 11 is 0. The molecular weight excluding hydrogens is 524 g/mol. The maximum Gasteiger partial charge on any atom is 0.459 e. The molecule has 38 heavy (non-hydrogen) atoms. The predicted octanol–water partition coefficient (Wildman–Crippen LogP) is 2.36. The Morgan fingerprint density at radius 1 is 1.29 bits per heavy atom. The lowest BCUT2D eigenvalue weighted by Gasteiger charge is -2.32. The lowest BCUT2D eigenvalue weighted by Crippen LogP contribution is -2.46. The van der Waals surface area contributed by atoms with Crippen LogP contribution in [0.5, 0.6) is 5.75 Å². The number of carbonyl (C=O) groups excluding carboxylic acids is 1. The quantitative estimate of drug-likeness (QED) is 0.277. The van der Waals surface area contributed by atoms with Crippen molar-refractivity contribution in [2.45, 2.75) is 77.3 Å². The summed E-state index contributed by atoms with van der Waals surface area (Å²) in [6.07, 6.45) is -4.80. The van der Waals surface area contributed by atoms with Crippen LogP contribution in [0, 0.1) is 6.92 Å². The highest BCUT2D eigenvalue weighted by molar-refractivity contribution is 7.52. The van der Waals surface area contributed by atoms with E-state index in [4.69, 9.17) is 18.5 Å². The van der Waals surface area contributed by atoms with E-state index in [1.165, 1.54) is 26.0 Å². The molecule has 6 atom stereocenters. The van der Waals surface area contributed by atoms with E-state index in [0.29, 0.717) is 0 Å². The molecule has 2 aromatic rings. The van der Waals surface area contributed by atoms with Crippen molar-refractivity contribution in [1.82, 2.24) is 14.6 Å². The number of nitrogens with one attached hydrogen (secondary N) is 2. The maximum atomic E-state index is 15.3. The van der Waals surface area contributed by atoms with Crippen molar-refractivity contribution in [3.8, 4) is 5.75 Å². The number of aliphatic hydroxyl groups is 1. The Hall–Kier alpha value is -2.83.